The van der Waals surface area contributed by atoms with Crippen molar-refractivity contribution < 1.29 is 41.0 Å². The van der Waals surface area contributed by atoms with Gasteiger partial charge in [-0.3, -0.25) is 4.79 Å². The van der Waals surface area contributed by atoms with E-state index in [1.54, 1.807) is 65.0 Å². The van der Waals surface area contributed by atoms with Crippen molar-refractivity contribution in [3.63, 3.8) is 0 Å². The van der Waals surface area contributed by atoms with E-state index in [1.807, 2.05) is 6.07 Å². The summed E-state index contributed by atoms with van der Waals surface area (Å²) in [6.45, 7) is 7.78. The second-order valence-corrected chi connectivity index (χ2v) is 14.4. The third-order valence-corrected chi connectivity index (χ3v) is 8.57. The van der Waals surface area contributed by atoms with E-state index >= 15 is 0 Å². The van der Waals surface area contributed by atoms with Crippen molar-refractivity contribution in [2.75, 3.05) is 25.0 Å². The molecule has 0 saturated carbocycles. The maximum absolute atomic E-state index is 14.1. The average Bonchev–Trinajstić information content (AvgIpc) is 2.93. The Morgan fingerprint density at radius 2 is 1.67 bits per heavy atom. The Kier molecular flexibility index (Phi) is 12.6. The first-order chi connectivity index (χ1) is 20.7. The third-order valence-electron chi connectivity index (χ3n) is 6.76. The molecule has 248 valence electrons. The molecule has 10 nitrogen and oxygen atoms in total. The van der Waals surface area contributed by atoms with Crippen LogP contribution in [0, 0.1) is 16.7 Å². The number of sulfonamides is 1. The normalized spacial score (nSPS) is 13.9. The summed E-state index contributed by atoms with van der Waals surface area (Å²) in [6.07, 6.45) is -6.93. The fourth-order valence-corrected chi connectivity index (χ4v) is 6.14. The number of nitrogens with one attached hydrogen (secondary N) is 1. The van der Waals surface area contributed by atoms with Gasteiger partial charge in [0.2, 0.25) is 10.0 Å². The number of amides is 2. The number of benzene rings is 2. The number of aliphatic hydroxyl groups is 1. The van der Waals surface area contributed by atoms with Gasteiger partial charge in [0.1, 0.15) is 5.60 Å². The number of carbonyl (C=O) groups is 2. The summed E-state index contributed by atoms with van der Waals surface area (Å²) in [5, 5.41) is 23.2. The van der Waals surface area contributed by atoms with E-state index in [-0.39, 0.29) is 25.1 Å². The Bertz CT molecular complexity index is 1450. The molecule has 1 unspecified atom stereocenters. The molecular weight excluding hydrogens is 613 g/mol. The summed E-state index contributed by atoms with van der Waals surface area (Å²) in [5.41, 5.74) is -1.18. The van der Waals surface area contributed by atoms with Gasteiger partial charge < -0.3 is 20.1 Å². The molecule has 2 atom stereocenters. The molecule has 2 N–H and O–H groups in total. The van der Waals surface area contributed by atoms with Crippen LogP contribution in [-0.2, 0) is 26.0 Å². The fourth-order valence-electron chi connectivity index (χ4n) is 4.45. The molecule has 2 amide bonds. The zero-order chi connectivity index (χ0) is 34.2. The summed E-state index contributed by atoms with van der Waals surface area (Å²) in [6, 6.07) is 14.4. The summed E-state index contributed by atoms with van der Waals surface area (Å²) in [4.78, 5) is 24.4. The highest BCUT2D eigenvalue weighted by atomic mass is 32.2. The van der Waals surface area contributed by atoms with E-state index in [0.717, 1.165) is 23.0 Å². The molecule has 0 aliphatic rings. The first-order valence-corrected chi connectivity index (χ1v) is 15.6. The predicted molar refractivity (Wildman–Crippen MR) is 163 cm³/mol. The van der Waals surface area contributed by atoms with Gasteiger partial charge in [-0.05, 0) is 62.8 Å². The highest BCUT2D eigenvalue weighted by molar-refractivity contribution is 7.89. The molecule has 2 aromatic rings. The van der Waals surface area contributed by atoms with Crippen molar-refractivity contribution >= 4 is 27.7 Å². The Morgan fingerprint density at radius 3 is 2.22 bits per heavy atom. The minimum Gasteiger partial charge on any atom is -0.444 e. The fraction of sp³-hybridized carbons (Fsp3) is 0.516. The molecule has 14 heteroatoms. The molecule has 0 bridgehead atoms. The lowest BCUT2D eigenvalue weighted by Crippen LogP contribution is -2.52. The smallest absolute Gasteiger partial charge is 0.444 e. The number of nitrogens with zero attached hydrogens (tertiary/aromatic N) is 3. The Balaban J connectivity index is 2.53. The molecule has 0 spiro atoms. The van der Waals surface area contributed by atoms with Crippen LogP contribution in [0.3, 0.4) is 0 Å². The number of alkyl carbamates (subject to hydrolysis) is 1. The lowest BCUT2D eigenvalue weighted by atomic mass is 9.88. The maximum atomic E-state index is 14.1. The Morgan fingerprint density at radius 1 is 1.04 bits per heavy atom. The average molecular weight is 655 g/mol. The van der Waals surface area contributed by atoms with Crippen molar-refractivity contribution in [2.24, 2.45) is 5.41 Å². The number of hydrogen-bond acceptors (Lipinski definition) is 7. The van der Waals surface area contributed by atoms with Crippen LogP contribution in [0.25, 0.3) is 0 Å². The lowest BCUT2D eigenvalue weighted by Gasteiger charge is -2.35. The third kappa shape index (κ3) is 11.6. The van der Waals surface area contributed by atoms with E-state index in [1.165, 1.54) is 18.2 Å². The molecule has 0 heterocycles. The van der Waals surface area contributed by atoms with E-state index in [9.17, 15) is 36.3 Å². The molecule has 0 aromatic heterocycles. The number of hydrogen-bond donors (Lipinski definition) is 2. The predicted octanol–water partition coefficient (Wildman–Crippen LogP) is 5.03. The Labute approximate surface area is 262 Å². The van der Waals surface area contributed by atoms with Gasteiger partial charge in [0.15, 0.2) is 0 Å². The molecule has 45 heavy (non-hydrogen) atoms. The van der Waals surface area contributed by atoms with Gasteiger partial charge >= 0.3 is 18.2 Å². The standard InChI is InChI=1S/C31H41F3N4O6S/c1-29(2,3)44-28(41)36-25(18-22-12-8-7-9-13-22)26(39)20-38(21-30(4,5)16-11-17-35)45(42,43)24-15-10-14-23(19-24)37(6)27(40)31(32,33)34/h7-10,12-15,19,25-26,39H,11,16,18,20-21H2,1-6H3,(H,36,41)/t25-,26?/m0/s1. The van der Waals surface area contributed by atoms with E-state index in [0.29, 0.717) is 11.3 Å². The lowest BCUT2D eigenvalue weighted by molar-refractivity contribution is -0.170. The first kappa shape index (κ1) is 37.5. The van der Waals surface area contributed by atoms with Crippen LogP contribution in [0.1, 0.15) is 53.0 Å². The van der Waals surface area contributed by atoms with Crippen LogP contribution in [0.4, 0.5) is 23.7 Å². The largest absolute Gasteiger partial charge is 0.471 e. The van der Waals surface area contributed by atoms with Crippen molar-refractivity contribution in [3.05, 3.63) is 60.2 Å². The van der Waals surface area contributed by atoms with E-state index in [4.69, 9.17) is 10.00 Å². The number of nitriles is 1. The highest BCUT2D eigenvalue weighted by Gasteiger charge is 2.42. The second kappa shape index (κ2) is 15.1. The highest BCUT2D eigenvalue weighted by Crippen LogP contribution is 2.30. The summed E-state index contributed by atoms with van der Waals surface area (Å²) >= 11 is 0. The van der Waals surface area contributed by atoms with Crippen molar-refractivity contribution in [1.82, 2.24) is 9.62 Å². The number of anilines is 1. The topological polar surface area (TPSA) is 140 Å². The van der Waals surface area contributed by atoms with E-state index < -0.39 is 62.8 Å². The summed E-state index contributed by atoms with van der Waals surface area (Å²) in [7, 11) is -3.63. The molecule has 0 fully saturated rings. The van der Waals surface area contributed by atoms with Crippen LogP contribution in [-0.4, -0.2) is 73.9 Å². The first-order valence-electron chi connectivity index (χ1n) is 14.2. The van der Waals surface area contributed by atoms with Gasteiger partial charge in [0, 0.05) is 32.2 Å². The SMILES string of the molecule is CN(C(=O)C(F)(F)F)c1cccc(S(=O)(=O)N(CC(O)[C@H](Cc2ccccc2)NC(=O)OC(C)(C)C)CC(C)(C)CCC#N)c1. The van der Waals surface area contributed by atoms with Gasteiger partial charge in [0.25, 0.3) is 0 Å². The maximum Gasteiger partial charge on any atom is 0.471 e. The zero-order valence-electron chi connectivity index (χ0n) is 26.3. The van der Waals surface area contributed by atoms with Gasteiger partial charge in [-0.1, -0.05) is 50.2 Å². The van der Waals surface area contributed by atoms with Crippen molar-refractivity contribution in [1.29, 1.82) is 5.26 Å². The monoisotopic (exact) mass is 654 g/mol. The number of ether oxygens (including phenoxy) is 1. The molecule has 0 aliphatic carbocycles. The van der Waals surface area contributed by atoms with Gasteiger partial charge in [-0.25, -0.2) is 13.2 Å². The number of alkyl halides is 3. The molecule has 2 rings (SSSR count). The van der Waals surface area contributed by atoms with Gasteiger partial charge in [-0.15, -0.1) is 0 Å². The van der Waals surface area contributed by atoms with Crippen LogP contribution < -0.4 is 10.2 Å². The minimum atomic E-state index is -5.18. The van der Waals surface area contributed by atoms with E-state index in [2.05, 4.69) is 5.32 Å². The van der Waals surface area contributed by atoms with Crippen molar-refractivity contribution in [3.8, 4) is 6.07 Å². The van der Waals surface area contributed by atoms with Crippen LogP contribution in [0.5, 0.6) is 0 Å². The quantitative estimate of drug-likeness (QED) is 0.309. The number of carbonyl (C=O) groups excluding carboxylic acids is 2. The molecule has 2 aromatic carbocycles. The number of halogens is 3. The summed E-state index contributed by atoms with van der Waals surface area (Å²) in [5.74, 6) is -2.18. The zero-order valence-corrected chi connectivity index (χ0v) is 27.1. The van der Waals surface area contributed by atoms with Gasteiger partial charge in [0.05, 0.1) is 23.1 Å². The van der Waals surface area contributed by atoms with Crippen LogP contribution in [0.2, 0.25) is 0 Å². The molecule has 0 saturated heterocycles. The minimum absolute atomic E-state index is 0.118. The van der Waals surface area contributed by atoms with Crippen LogP contribution >= 0.6 is 0 Å². The van der Waals surface area contributed by atoms with Crippen LogP contribution in [0.15, 0.2) is 59.5 Å². The van der Waals surface area contributed by atoms with Gasteiger partial charge in [-0.2, -0.15) is 22.7 Å². The number of aliphatic hydroxyl groups excluding tert-OH is 1. The molecule has 0 radical (unpaired) electrons. The Hall–Kier alpha value is -3.67. The molecular formula is C31H41F3N4O6S. The second-order valence-electron chi connectivity index (χ2n) is 12.5. The van der Waals surface area contributed by atoms with Crippen molar-refractivity contribution in [2.45, 2.75) is 82.7 Å². The summed E-state index contributed by atoms with van der Waals surface area (Å²) < 4.78 is 73.7. The number of rotatable bonds is 13. The molecule has 0 aliphatic heterocycles.